The second-order valence-electron chi connectivity index (χ2n) is 5.65. The van der Waals surface area contributed by atoms with Crippen LogP contribution in [0.1, 0.15) is 26.7 Å². The van der Waals surface area contributed by atoms with Crippen LogP contribution in [0.15, 0.2) is 24.3 Å². The van der Waals surface area contributed by atoms with E-state index < -0.39 is 6.04 Å². The Morgan fingerprint density at radius 3 is 2.73 bits per heavy atom. The maximum atomic E-state index is 12.5. The molecular formula is C16H23N3O3. The van der Waals surface area contributed by atoms with E-state index in [1.54, 1.807) is 24.1 Å². The summed E-state index contributed by atoms with van der Waals surface area (Å²) in [6, 6.07) is 6.60. The SMILES string of the molecule is COc1ccccc1NC(=O)N1CCCC1C(=O)NC(C)C. The van der Waals surface area contributed by atoms with Gasteiger partial charge in [-0.2, -0.15) is 0 Å². The summed E-state index contributed by atoms with van der Waals surface area (Å²) in [4.78, 5) is 26.2. The lowest BCUT2D eigenvalue weighted by Crippen LogP contribution is -2.48. The fourth-order valence-corrected chi connectivity index (χ4v) is 2.60. The molecule has 1 unspecified atom stereocenters. The molecule has 1 atom stereocenters. The Morgan fingerprint density at radius 2 is 2.05 bits per heavy atom. The van der Waals surface area contributed by atoms with Crippen molar-refractivity contribution in [2.75, 3.05) is 19.0 Å². The first kappa shape index (κ1) is 16.1. The number of para-hydroxylation sites is 2. The summed E-state index contributed by atoms with van der Waals surface area (Å²) in [6.07, 6.45) is 1.52. The number of benzene rings is 1. The number of ether oxygens (including phenoxy) is 1. The average Bonchev–Trinajstić information content (AvgIpc) is 2.96. The van der Waals surface area contributed by atoms with Crippen molar-refractivity contribution >= 4 is 17.6 Å². The molecule has 3 amide bonds. The second-order valence-corrected chi connectivity index (χ2v) is 5.65. The number of anilines is 1. The zero-order chi connectivity index (χ0) is 16.1. The Bertz CT molecular complexity index is 545. The van der Waals surface area contributed by atoms with E-state index >= 15 is 0 Å². The van der Waals surface area contributed by atoms with E-state index in [2.05, 4.69) is 10.6 Å². The number of urea groups is 1. The first-order valence-electron chi connectivity index (χ1n) is 7.54. The average molecular weight is 305 g/mol. The zero-order valence-electron chi connectivity index (χ0n) is 13.3. The van der Waals surface area contributed by atoms with Crippen molar-refractivity contribution in [3.8, 4) is 5.75 Å². The third-order valence-electron chi connectivity index (χ3n) is 3.60. The number of methoxy groups -OCH3 is 1. The van der Waals surface area contributed by atoms with Crippen molar-refractivity contribution in [2.24, 2.45) is 0 Å². The highest BCUT2D eigenvalue weighted by Crippen LogP contribution is 2.25. The fraction of sp³-hybridized carbons (Fsp3) is 0.500. The van der Waals surface area contributed by atoms with E-state index in [9.17, 15) is 9.59 Å². The standard InChI is InChI=1S/C16H23N3O3/c1-11(2)17-15(20)13-8-6-10-19(13)16(21)18-12-7-4-5-9-14(12)22-3/h4-5,7,9,11,13H,6,8,10H2,1-3H3,(H,17,20)(H,18,21). The molecule has 1 fully saturated rings. The lowest BCUT2D eigenvalue weighted by molar-refractivity contribution is -0.125. The van der Waals surface area contributed by atoms with Crippen LogP contribution in [0, 0.1) is 0 Å². The smallest absolute Gasteiger partial charge is 0.322 e. The largest absolute Gasteiger partial charge is 0.495 e. The minimum atomic E-state index is -0.405. The van der Waals surface area contributed by atoms with E-state index in [1.807, 2.05) is 26.0 Å². The normalized spacial score (nSPS) is 17.5. The van der Waals surface area contributed by atoms with Crippen LogP contribution in [-0.4, -0.2) is 42.6 Å². The van der Waals surface area contributed by atoms with Crippen LogP contribution in [-0.2, 0) is 4.79 Å². The molecule has 1 aliphatic rings. The first-order valence-corrected chi connectivity index (χ1v) is 7.54. The highest BCUT2D eigenvalue weighted by atomic mass is 16.5. The lowest BCUT2D eigenvalue weighted by atomic mass is 10.2. The number of likely N-dealkylation sites (tertiary alicyclic amines) is 1. The van der Waals surface area contributed by atoms with Gasteiger partial charge in [-0.15, -0.1) is 0 Å². The molecule has 6 nitrogen and oxygen atoms in total. The quantitative estimate of drug-likeness (QED) is 0.896. The van der Waals surface area contributed by atoms with E-state index in [1.165, 1.54) is 0 Å². The van der Waals surface area contributed by atoms with Gasteiger partial charge >= 0.3 is 6.03 Å². The van der Waals surface area contributed by atoms with Gasteiger partial charge in [0.1, 0.15) is 11.8 Å². The van der Waals surface area contributed by atoms with Crippen molar-refractivity contribution in [3.05, 3.63) is 24.3 Å². The van der Waals surface area contributed by atoms with Gasteiger partial charge in [-0.25, -0.2) is 4.79 Å². The summed E-state index contributed by atoms with van der Waals surface area (Å²) in [7, 11) is 1.56. The summed E-state index contributed by atoms with van der Waals surface area (Å²) >= 11 is 0. The van der Waals surface area contributed by atoms with Gasteiger partial charge in [0, 0.05) is 12.6 Å². The zero-order valence-corrected chi connectivity index (χ0v) is 13.3. The molecule has 0 bridgehead atoms. The Kier molecular flexibility index (Phi) is 5.25. The third-order valence-corrected chi connectivity index (χ3v) is 3.60. The highest BCUT2D eigenvalue weighted by molar-refractivity contribution is 5.95. The Morgan fingerprint density at radius 1 is 1.32 bits per heavy atom. The number of hydrogen-bond acceptors (Lipinski definition) is 3. The maximum Gasteiger partial charge on any atom is 0.322 e. The van der Waals surface area contributed by atoms with Crippen molar-refractivity contribution in [1.82, 2.24) is 10.2 Å². The number of amides is 3. The Labute approximate surface area is 130 Å². The molecule has 1 aliphatic heterocycles. The number of carbonyl (C=O) groups excluding carboxylic acids is 2. The fourth-order valence-electron chi connectivity index (χ4n) is 2.60. The van der Waals surface area contributed by atoms with Gasteiger partial charge in [0.15, 0.2) is 0 Å². The van der Waals surface area contributed by atoms with E-state index in [0.29, 0.717) is 24.4 Å². The number of nitrogens with zero attached hydrogens (tertiary/aromatic N) is 1. The molecule has 22 heavy (non-hydrogen) atoms. The van der Waals surface area contributed by atoms with Crippen LogP contribution in [0.25, 0.3) is 0 Å². The molecule has 0 radical (unpaired) electrons. The monoisotopic (exact) mass is 305 g/mol. The summed E-state index contributed by atoms with van der Waals surface area (Å²) in [5.41, 5.74) is 0.602. The van der Waals surface area contributed by atoms with E-state index in [4.69, 9.17) is 4.74 Å². The molecule has 120 valence electrons. The van der Waals surface area contributed by atoms with Crippen LogP contribution in [0.2, 0.25) is 0 Å². The van der Waals surface area contributed by atoms with Crippen molar-refractivity contribution < 1.29 is 14.3 Å². The third kappa shape index (κ3) is 3.69. The van der Waals surface area contributed by atoms with Gasteiger partial charge in [-0.05, 0) is 38.8 Å². The summed E-state index contributed by atoms with van der Waals surface area (Å²) < 4.78 is 5.22. The number of nitrogens with one attached hydrogen (secondary N) is 2. The van der Waals surface area contributed by atoms with Gasteiger partial charge in [0.25, 0.3) is 0 Å². The molecule has 1 heterocycles. The highest BCUT2D eigenvalue weighted by Gasteiger charge is 2.34. The molecule has 0 aliphatic carbocycles. The molecule has 0 saturated carbocycles. The predicted octanol–water partition coefficient (Wildman–Crippen LogP) is 2.22. The Balaban J connectivity index is 2.06. The number of carbonyl (C=O) groups is 2. The lowest BCUT2D eigenvalue weighted by Gasteiger charge is -2.25. The molecule has 2 rings (SSSR count). The van der Waals surface area contributed by atoms with Gasteiger partial charge < -0.3 is 20.3 Å². The topological polar surface area (TPSA) is 70.7 Å². The number of rotatable bonds is 4. The summed E-state index contributed by atoms with van der Waals surface area (Å²) in [5.74, 6) is 0.501. The van der Waals surface area contributed by atoms with Crippen LogP contribution in [0.4, 0.5) is 10.5 Å². The molecule has 1 aromatic carbocycles. The molecule has 2 N–H and O–H groups in total. The van der Waals surface area contributed by atoms with Gasteiger partial charge in [-0.3, -0.25) is 4.79 Å². The molecule has 1 saturated heterocycles. The van der Waals surface area contributed by atoms with Crippen LogP contribution >= 0.6 is 0 Å². The van der Waals surface area contributed by atoms with E-state index in [-0.39, 0.29) is 18.0 Å². The van der Waals surface area contributed by atoms with Crippen LogP contribution in [0.3, 0.4) is 0 Å². The van der Waals surface area contributed by atoms with E-state index in [0.717, 1.165) is 6.42 Å². The summed E-state index contributed by atoms with van der Waals surface area (Å²) in [6.45, 7) is 4.40. The second kappa shape index (κ2) is 7.15. The van der Waals surface area contributed by atoms with Gasteiger partial charge in [0.2, 0.25) is 5.91 Å². The minimum Gasteiger partial charge on any atom is -0.495 e. The summed E-state index contributed by atoms with van der Waals surface area (Å²) in [5, 5.41) is 5.69. The van der Waals surface area contributed by atoms with Gasteiger partial charge in [0.05, 0.1) is 12.8 Å². The van der Waals surface area contributed by atoms with Crippen LogP contribution in [0.5, 0.6) is 5.75 Å². The van der Waals surface area contributed by atoms with Crippen molar-refractivity contribution in [1.29, 1.82) is 0 Å². The van der Waals surface area contributed by atoms with Crippen molar-refractivity contribution in [2.45, 2.75) is 38.8 Å². The Hall–Kier alpha value is -2.24. The first-order chi connectivity index (χ1) is 10.5. The number of hydrogen-bond donors (Lipinski definition) is 2. The van der Waals surface area contributed by atoms with Crippen LogP contribution < -0.4 is 15.4 Å². The molecule has 0 spiro atoms. The molecule has 6 heteroatoms. The molecular weight excluding hydrogens is 282 g/mol. The van der Waals surface area contributed by atoms with Gasteiger partial charge in [-0.1, -0.05) is 12.1 Å². The molecule has 0 aromatic heterocycles. The maximum absolute atomic E-state index is 12.5. The molecule has 1 aromatic rings. The predicted molar refractivity (Wildman–Crippen MR) is 85.0 cm³/mol. The minimum absolute atomic E-state index is 0.0622. The van der Waals surface area contributed by atoms with Crippen molar-refractivity contribution in [3.63, 3.8) is 0 Å².